The van der Waals surface area contributed by atoms with Crippen LogP contribution in [0.4, 0.5) is 11.4 Å². The van der Waals surface area contributed by atoms with Crippen LogP contribution in [0, 0.1) is 0 Å². The molecule has 2 aromatic carbocycles. The molecule has 1 fully saturated rings. The van der Waals surface area contributed by atoms with Gasteiger partial charge in [0.2, 0.25) is 0 Å². The molecule has 6 heteroatoms. The lowest BCUT2D eigenvalue weighted by Crippen LogP contribution is -2.24. The van der Waals surface area contributed by atoms with E-state index < -0.39 is 0 Å². The average Bonchev–Trinajstić information content (AvgIpc) is 3.03. The van der Waals surface area contributed by atoms with E-state index in [4.69, 9.17) is 9.47 Å². The maximum Gasteiger partial charge on any atom is 0.262 e. The van der Waals surface area contributed by atoms with Crippen molar-refractivity contribution < 1.29 is 19.1 Å². The van der Waals surface area contributed by atoms with Crippen LogP contribution < -0.4 is 19.7 Å². The van der Waals surface area contributed by atoms with Crippen LogP contribution in [0.1, 0.15) is 43.0 Å². The number of hydrogen-bond acceptors (Lipinski definition) is 5. The Balaban J connectivity index is 1.55. The Morgan fingerprint density at radius 3 is 2.38 bits per heavy atom. The zero-order chi connectivity index (χ0) is 20.5. The van der Waals surface area contributed by atoms with Crippen molar-refractivity contribution >= 4 is 23.6 Å². The maximum atomic E-state index is 12.3. The van der Waals surface area contributed by atoms with Crippen molar-refractivity contribution in [3.8, 4) is 11.5 Å². The number of nitrogens with one attached hydrogen (secondary N) is 1. The van der Waals surface area contributed by atoms with Gasteiger partial charge >= 0.3 is 0 Å². The zero-order valence-electron chi connectivity index (χ0n) is 16.9. The van der Waals surface area contributed by atoms with Gasteiger partial charge < -0.3 is 19.7 Å². The smallest absolute Gasteiger partial charge is 0.262 e. The Morgan fingerprint density at radius 2 is 1.72 bits per heavy atom. The van der Waals surface area contributed by atoms with Gasteiger partial charge in [0.25, 0.3) is 5.91 Å². The Labute approximate surface area is 171 Å². The van der Waals surface area contributed by atoms with E-state index in [2.05, 4.69) is 10.2 Å². The fourth-order valence-corrected chi connectivity index (χ4v) is 3.41. The molecule has 1 amide bonds. The average molecular weight is 396 g/mol. The second-order valence-electron chi connectivity index (χ2n) is 7.04. The minimum absolute atomic E-state index is 0.144. The van der Waals surface area contributed by atoms with E-state index in [0.29, 0.717) is 23.7 Å². The molecule has 29 heavy (non-hydrogen) atoms. The highest BCUT2D eigenvalue weighted by molar-refractivity contribution is 5.92. The molecule has 0 bridgehead atoms. The van der Waals surface area contributed by atoms with Gasteiger partial charge in [0.05, 0.1) is 6.61 Å². The van der Waals surface area contributed by atoms with Crippen molar-refractivity contribution in [2.75, 3.05) is 36.5 Å². The number of rotatable bonds is 8. The first kappa shape index (κ1) is 20.7. The summed E-state index contributed by atoms with van der Waals surface area (Å²) in [7, 11) is 0. The predicted molar refractivity (Wildman–Crippen MR) is 114 cm³/mol. The van der Waals surface area contributed by atoms with E-state index in [9.17, 15) is 9.59 Å². The summed E-state index contributed by atoms with van der Waals surface area (Å²) >= 11 is 0. The largest absolute Gasteiger partial charge is 0.490 e. The first-order valence-electron chi connectivity index (χ1n) is 10.2. The number of amides is 1. The van der Waals surface area contributed by atoms with Crippen LogP contribution in [0.3, 0.4) is 0 Å². The molecule has 0 aromatic heterocycles. The molecule has 6 nitrogen and oxygen atoms in total. The molecule has 2 aromatic rings. The van der Waals surface area contributed by atoms with E-state index in [0.717, 1.165) is 25.1 Å². The highest BCUT2D eigenvalue weighted by Gasteiger charge is 2.12. The van der Waals surface area contributed by atoms with Crippen LogP contribution in [0.2, 0.25) is 0 Å². The predicted octanol–water partition coefficient (Wildman–Crippen LogP) is 4.30. The number of aldehydes is 1. The molecule has 1 N–H and O–H groups in total. The van der Waals surface area contributed by atoms with Gasteiger partial charge in [0.15, 0.2) is 18.1 Å². The summed E-state index contributed by atoms with van der Waals surface area (Å²) in [4.78, 5) is 25.6. The highest BCUT2D eigenvalue weighted by Crippen LogP contribution is 2.28. The van der Waals surface area contributed by atoms with E-state index in [1.807, 2.05) is 31.2 Å². The van der Waals surface area contributed by atoms with Crippen LogP contribution >= 0.6 is 0 Å². The minimum Gasteiger partial charge on any atom is -0.490 e. The van der Waals surface area contributed by atoms with Crippen LogP contribution in [-0.2, 0) is 4.79 Å². The third-order valence-electron chi connectivity index (χ3n) is 4.88. The number of benzene rings is 2. The summed E-state index contributed by atoms with van der Waals surface area (Å²) in [5, 5.41) is 2.85. The van der Waals surface area contributed by atoms with Gasteiger partial charge in [-0.1, -0.05) is 12.8 Å². The molecular formula is C23H28N2O4. The maximum absolute atomic E-state index is 12.3. The summed E-state index contributed by atoms with van der Waals surface area (Å²) in [5.41, 5.74) is 2.42. The van der Waals surface area contributed by atoms with Crippen molar-refractivity contribution in [1.82, 2.24) is 0 Å². The molecule has 0 spiro atoms. The van der Waals surface area contributed by atoms with Crippen LogP contribution in [0.5, 0.6) is 11.5 Å². The van der Waals surface area contributed by atoms with Gasteiger partial charge in [-0.25, -0.2) is 0 Å². The Morgan fingerprint density at radius 1 is 1.00 bits per heavy atom. The third-order valence-corrected chi connectivity index (χ3v) is 4.88. The van der Waals surface area contributed by atoms with Crippen LogP contribution in [-0.4, -0.2) is 38.5 Å². The first-order valence-corrected chi connectivity index (χ1v) is 10.2. The number of carbonyl (C=O) groups excluding carboxylic acids is 2. The summed E-state index contributed by atoms with van der Waals surface area (Å²) in [6.45, 7) is 4.32. The number of hydrogen-bond donors (Lipinski definition) is 1. The fraction of sp³-hybridized carbons (Fsp3) is 0.391. The molecule has 0 unspecified atom stereocenters. The van der Waals surface area contributed by atoms with E-state index in [-0.39, 0.29) is 12.5 Å². The number of nitrogens with zero attached hydrogens (tertiary/aromatic N) is 1. The van der Waals surface area contributed by atoms with Gasteiger partial charge in [0.1, 0.15) is 6.29 Å². The zero-order valence-corrected chi connectivity index (χ0v) is 16.9. The quantitative estimate of drug-likeness (QED) is 0.674. The second-order valence-corrected chi connectivity index (χ2v) is 7.04. The van der Waals surface area contributed by atoms with E-state index in [1.165, 1.54) is 31.4 Å². The van der Waals surface area contributed by atoms with Crippen molar-refractivity contribution in [2.24, 2.45) is 0 Å². The van der Waals surface area contributed by atoms with E-state index >= 15 is 0 Å². The lowest BCUT2D eigenvalue weighted by atomic mass is 10.2. The second kappa shape index (κ2) is 10.5. The normalized spacial score (nSPS) is 14.0. The van der Waals surface area contributed by atoms with Gasteiger partial charge in [-0.05, 0) is 62.2 Å². The van der Waals surface area contributed by atoms with Gasteiger partial charge in [-0.2, -0.15) is 0 Å². The Bertz CT molecular complexity index is 812. The lowest BCUT2D eigenvalue weighted by molar-refractivity contribution is -0.118. The summed E-state index contributed by atoms with van der Waals surface area (Å²) in [6, 6.07) is 12.8. The highest BCUT2D eigenvalue weighted by atomic mass is 16.5. The fourth-order valence-electron chi connectivity index (χ4n) is 3.41. The SMILES string of the molecule is CCOc1cc(C=O)ccc1OCC(=O)Nc1ccc(N2CCCCCC2)cc1. The molecule has 0 saturated carbocycles. The Kier molecular flexibility index (Phi) is 7.50. The number of carbonyl (C=O) groups is 2. The van der Waals surface area contributed by atoms with Crippen molar-refractivity contribution in [2.45, 2.75) is 32.6 Å². The molecule has 1 aliphatic rings. The minimum atomic E-state index is -0.255. The molecule has 0 aliphatic carbocycles. The molecule has 1 aliphatic heterocycles. The van der Waals surface area contributed by atoms with Crippen LogP contribution in [0.25, 0.3) is 0 Å². The topological polar surface area (TPSA) is 67.9 Å². The molecule has 1 heterocycles. The molecular weight excluding hydrogens is 368 g/mol. The van der Waals surface area contributed by atoms with Crippen molar-refractivity contribution in [3.05, 3.63) is 48.0 Å². The third kappa shape index (κ3) is 5.98. The Hall–Kier alpha value is -3.02. The summed E-state index contributed by atoms with van der Waals surface area (Å²) in [5.74, 6) is 0.630. The van der Waals surface area contributed by atoms with Crippen molar-refractivity contribution in [1.29, 1.82) is 0 Å². The number of ether oxygens (including phenoxy) is 2. The lowest BCUT2D eigenvalue weighted by Gasteiger charge is -2.22. The summed E-state index contributed by atoms with van der Waals surface area (Å²) < 4.78 is 11.1. The first-order chi connectivity index (χ1) is 14.2. The number of anilines is 2. The molecule has 3 rings (SSSR count). The monoisotopic (exact) mass is 396 g/mol. The van der Waals surface area contributed by atoms with Crippen molar-refractivity contribution in [3.63, 3.8) is 0 Å². The molecule has 154 valence electrons. The summed E-state index contributed by atoms with van der Waals surface area (Å²) in [6.07, 6.45) is 5.80. The van der Waals surface area contributed by atoms with Crippen LogP contribution in [0.15, 0.2) is 42.5 Å². The molecule has 0 atom stereocenters. The van der Waals surface area contributed by atoms with Gasteiger partial charge in [-0.15, -0.1) is 0 Å². The van der Waals surface area contributed by atoms with E-state index in [1.54, 1.807) is 18.2 Å². The standard InChI is InChI=1S/C23H28N2O4/c1-2-28-22-15-18(16-26)7-12-21(22)29-17-23(27)24-19-8-10-20(11-9-19)25-13-5-3-4-6-14-25/h7-12,15-16H,2-6,13-14,17H2,1H3,(H,24,27). The molecule has 1 saturated heterocycles. The van der Waals surface area contributed by atoms with Gasteiger partial charge in [0, 0.05) is 30.0 Å². The van der Waals surface area contributed by atoms with Gasteiger partial charge in [-0.3, -0.25) is 9.59 Å². The molecule has 0 radical (unpaired) electrons.